The monoisotopic (exact) mass is 320 g/mol. The average Bonchev–Trinajstić information content (AvgIpc) is 2.43. The third-order valence-electron chi connectivity index (χ3n) is 3.33. The number of benzene rings is 1. The van der Waals surface area contributed by atoms with Crippen LogP contribution in [0, 0.1) is 5.92 Å². The Morgan fingerprint density at radius 2 is 1.70 bits per heavy atom. The summed E-state index contributed by atoms with van der Waals surface area (Å²) in [4.78, 5) is 11.6. The van der Waals surface area contributed by atoms with Crippen molar-refractivity contribution < 1.29 is 9.53 Å². The highest BCUT2D eigenvalue weighted by molar-refractivity contribution is 5.67. The molecule has 23 heavy (non-hydrogen) atoms. The van der Waals surface area contributed by atoms with Crippen molar-refractivity contribution >= 4 is 6.09 Å². The molecule has 0 aliphatic carbocycles. The number of amides is 1. The molecule has 4 nitrogen and oxygen atoms in total. The molecule has 0 atom stereocenters. The van der Waals surface area contributed by atoms with E-state index in [2.05, 4.69) is 48.7 Å². The van der Waals surface area contributed by atoms with Gasteiger partial charge in [0.1, 0.15) is 5.60 Å². The molecule has 0 spiro atoms. The molecule has 0 unspecified atom stereocenters. The predicted octanol–water partition coefficient (Wildman–Crippen LogP) is 3.89. The predicted molar refractivity (Wildman–Crippen MR) is 95.5 cm³/mol. The van der Waals surface area contributed by atoms with E-state index in [0.29, 0.717) is 6.54 Å². The summed E-state index contributed by atoms with van der Waals surface area (Å²) >= 11 is 0. The molecular formula is C19H32N2O2. The smallest absolute Gasteiger partial charge is 0.407 e. The lowest BCUT2D eigenvalue weighted by Crippen LogP contribution is -2.33. The van der Waals surface area contributed by atoms with E-state index in [1.165, 1.54) is 17.5 Å². The van der Waals surface area contributed by atoms with Crippen LogP contribution >= 0.6 is 0 Å². The molecule has 0 aliphatic rings. The van der Waals surface area contributed by atoms with Gasteiger partial charge in [-0.05, 0) is 57.2 Å². The molecule has 0 aliphatic heterocycles. The molecule has 2 N–H and O–H groups in total. The van der Waals surface area contributed by atoms with Crippen LogP contribution in [0.3, 0.4) is 0 Å². The first-order valence-electron chi connectivity index (χ1n) is 8.51. The molecule has 0 aromatic heterocycles. The van der Waals surface area contributed by atoms with Gasteiger partial charge in [-0.15, -0.1) is 0 Å². The highest BCUT2D eigenvalue weighted by Crippen LogP contribution is 2.07. The van der Waals surface area contributed by atoms with E-state index < -0.39 is 5.60 Å². The van der Waals surface area contributed by atoms with Crippen LogP contribution in [0.1, 0.15) is 52.2 Å². The molecule has 0 radical (unpaired) electrons. The van der Waals surface area contributed by atoms with Crippen molar-refractivity contribution in [1.82, 2.24) is 10.6 Å². The summed E-state index contributed by atoms with van der Waals surface area (Å²) in [7, 11) is 0. The summed E-state index contributed by atoms with van der Waals surface area (Å²) in [6.07, 6.45) is 1.65. The number of carbonyl (C=O) groups excluding carboxylic acids is 1. The number of hydrogen-bond donors (Lipinski definition) is 2. The molecule has 130 valence electrons. The molecule has 1 aromatic carbocycles. The molecule has 0 fully saturated rings. The maximum absolute atomic E-state index is 11.6. The lowest BCUT2D eigenvalue weighted by Gasteiger charge is -2.19. The van der Waals surface area contributed by atoms with Crippen molar-refractivity contribution in [1.29, 1.82) is 0 Å². The Bertz CT molecular complexity index is 461. The first-order valence-corrected chi connectivity index (χ1v) is 8.51. The van der Waals surface area contributed by atoms with Gasteiger partial charge < -0.3 is 15.4 Å². The Morgan fingerprint density at radius 3 is 2.26 bits per heavy atom. The zero-order valence-corrected chi connectivity index (χ0v) is 15.2. The molecule has 0 saturated heterocycles. The third kappa shape index (κ3) is 9.95. The molecule has 0 bridgehead atoms. The maximum Gasteiger partial charge on any atom is 0.407 e. The van der Waals surface area contributed by atoms with Crippen LogP contribution < -0.4 is 10.6 Å². The fourth-order valence-electron chi connectivity index (χ4n) is 2.07. The van der Waals surface area contributed by atoms with E-state index in [1.54, 1.807) is 0 Å². The fourth-order valence-corrected chi connectivity index (χ4v) is 2.07. The summed E-state index contributed by atoms with van der Waals surface area (Å²) in [5.41, 5.74) is 2.05. The van der Waals surface area contributed by atoms with Crippen molar-refractivity contribution in [2.75, 3.05) is 13.1 Å². The molecule has 1 amide bonds. The highest BCUT2D eigenvalue weighted by Gasteiger charge is 2.15. The van der Waals surface area contributed by atoms with Crippen LogP contribution in [0.5, 0.6) is 0 Å². The lowest BCUT2D eigenvalue weighted by atomic mass is 10.1. The van der Waals surface area contributed by atoms with Gasteiger partial charge in [0.25, 0.3) is 0 Å². The second-order valence-electron chi connectivity index (χ2n) is 7.35. The number of carbonyl (C=O) groups is 1. The summed E-state index contributed by atoms with van der Waals surface area (Å²) < 4.78 is 5.21. The number of hydrogen-bond acceptors (Lipinski definition) is 3. The topological polar surface area (TPSA) is 50.4 Å². The zero-order chi connectivity index (χ0) is 17.3. The molecule has 1 rings (SSSR count). The minimum Gasteiger partial charge on any atom is -0.444 e. The maximum atomic E-state index is 11.6. The second kappa shape index (κ2) is 9.56. The third-order valence-corrected chi connectivity index (χ3v) is 3.33. The van der Waals surface area contributed by atoms with Gasteiger partial charge in [0.15, 0.2) is 0 Å². The van der Waals surface area contributed by atoms with E-state index in [9.17, 15) is 4.79 Å². The van der Waals surface area contributed by atoms with Crippen LogP contribution in [0.2, 0.25) is 0 Å². The van der Waals surface area contributed by atoms with Crippen LogP contribution in [0.15, 0.2) is 24.3 Å². The van der Waals surface area contributed by atoms with Crippen molar-refractivity contribution in [3.8, 4) is 0 Å². The molecule has 0 heterocycles. The quantitative estimate of drug-likeness (QED) is 0.715. The van der Waals surface area contributed by atoms with Gasteiger partial charge in [0.05, 0.1) is 0 Å². The van der Waals surface area contributed by atoms with Crippen molar-refractivity contribution in [2.45, 2.75) is 59.6 Å². The van der Waals surface area contributed by atoms with E-state index >= 15 is 0 Å². The minimum atomic E-state index is -0.450. The van der Waals surface area contributed by atoms with E-state index in [0.717, 1.165) is 25.4 Å². The van der Waals surface area contributed by atoms with Crippen molar-refractivity contribution in [3.05, 3.63) is 35.4 Å². The number of ether oxygens (including phenoxy) is 1. The first kappa shape index (κ1) is 19.5. The Labute approximate surface area is 141 Å². The van der Waals surface area contributed by atoms with Crippen molar-refractivity contribution in [2.24, 2.45) is 5.92 Å². The first-order chi connectivity index (χ1) is 10.8. The normalized spacial score (nSPS) is 11.6. The summed E-state index contributed by atoms with van der Waals surface area (Å²) in [5, 5.41) is 6.24. The minimum absolute atomic E-state index is 0.358. The SMILES string of the molecule is CC(C)CCNCc1ccc(CCNC(=O)OC(C)(C)C)cc1. The van der Waals surface area contributed by atoms with E-state index in [-0.39, 0.29) is 6.09 Å². The van der Waals surface area contributed by atoms with E-state index in [1.807, 2.05) is 20.8 Å². The zero-order valence-electron chi connectivity index (χ0n) is 15.2. The van der Waals surface area contributed by atoms with Crippen molar-refractivity contribution in [3.63, 3.8) is 0 Å². The van der Waals surface area contributed by atoms with Gasteiger partial charge in [0, 0.05) is 13.1 Å². The van der Waals surface area contributed by atoms with E-state index in [4.69, 9.17) is 4.74 Å². The Hall–Kier alpha value is -1.55. The Morgan fingerprint density at radius 1 is 1.09 bits per heavy atom. The summed E-state index contributed by atoms with van der Waals surface area (Å²) in [5.74, 6) is 0.738. The Balaban J connectivity index is 2.25. The molecule has 1 aromatic rings. The van der Waals surface area contributed by atoms with Gasteiger partial charge in [-0.1, -0.05) is 38.1 Å². The largest absolute Gasteiger partial charge is 0.444 e. The number of rotatable bonds is 8. The lowest BCUT2D eigenvalue weighted by molar-refractivity contribution is 0.0528. The van der Waals surface area contributed by atoms with Gasteiger partial charge in [-0.2, -0.15) is 0 Å². The number of nitrogens with one attached hydrogen (secondary N) is 2. The Kier molecular flexibility index (Phi) is 8.10. The molecule has 0 saturated carbocycles. The standard InChI is InChI=1S/C19H32N2O2/c1-15(2)10-12-20-14-17-8-6-16(7-9-17)11-13-21-18(22)23-19(3,4)5/h6-9,15,20H,10-14H2,1-5H3,(H,21,22). The highest BCUT2D eigenvalue weighted by atomic mass is 16.6. The molecule has 4 heteroatoms. The number of alkyl carbamates (subject to hydrolysis) is 1. The van der Waals surface area contributed by atoms with Gasteiger partial charge in [-0.25, -0.2) is 4.79 Å². The van der Waals surface area contributed by atoms with Crippen LogP contribution in [-0.2, 0) is 17.7 Å². The average molecular weight is 320 g/mol. The van der Waals surface area contributed by atoms with Gasteiger partial charge in [0.2, 0.25) is 0 Å². The summed E-state index contributed by atoms with van der Waals surface area (Å²) in [6.45, 7) is 12.6. The fraction of sp³-hybridized carbons (Fsp3) is 0.632. The van der Waals surface area contributed by atoms with Gasteiger partial charge >= 0.3 is 6.09 Å². The van der Waals surface area contributed by atoms with Crippen LogP contribution in [-0.4, -0.2) is 24.8 Å². The van der Waals surface area contributed by atoms with Crippen LogP contribution in [0.4, 0.5) is 4.79 Å². The summed E-state index contributed by atoms with van der Waals surface area (Å²) in [6, 6.07) is 8.53. The van der Waals surface area contributed by atoms with Gasteiger partial charge in [-0.3, -0.25) is 0 Å². The second-order valence-corrected chi connectivity index (χ2v) is 7.35. The van der Waals surface area contributed by atoms with Crippen LogP contribution in [0.25, 0.3) is 0 Å². The molecular weight excluding hydrogens is 288 g/mol.